The molecular weight excluding hydrogens is 374 g/mol. The van der Waals surface area contributed by atoms with E-state index in [2.05, 4.69) is 15.6 Å². The zero-order valence-electron chi connectivity index (χ0n) is 15.5. The third-order valence-corrected chi connectivity index (χ3v) is 5.95. The van der Waals surface area contributed by atoms with E-state index in [9.17, 15) is 13.2 Å². The molecule has 1 aliphatic heterocycles. The molecule has 0 radical (unpaired) electrons. The average Bonchev–Trinajstić information content (AvgIpc) is 3.04. The number of aromatic nitrogens is 3. The van der Waals surface area contributed by atoms with Crippen molar-refractivity contribution in [2.75, 3.05) is 26.3 Å². The number of benzene rings is 1. The van der Waals surface area contributed by atoms with Gasteiger partial charge in [-0.1, -0.05) is 4.85 Å². The topological polar surface area (TPSA) is 116 Å². The van der Waals surface area contributed by atoms with E-state index in [-0.39, 0.29) is 16.8 Å². The minimum atomic E-state index is -3.66. The second kappa shape index (κ2) is 7.79. The zero-order chi connectivity index (χ0) is 19.6. The maximum Gasteiger partial charge on any atom is 0.263 e. The lowest BCUT2D eigenvalue weighted by atomic mass is 10.3. The Balaban J connectivity index is 1.87. The van der Waals surface area contributed by atoms with Crippen LogP contribution in [0.3, 0.4) is 0 Å². The number of sulfonamides is 1. The number of ether oxygens (including phenoxy) is 1. The van der Waals surface area contributed by atoms with E-state index in [4.69, 9.17) is 9.57 Å². The van der Waals surface area contributed by atoms with Gasteiger partial charge in [-0.3, -0.25) is 4.79 Å². The van der Waals surface area contributed by atoms with Crippen molar-refractivity contribution in [1.29, 1.82) is 0 Å². The van der Waals surface area contributed by atoms with Crippen LogP contribution in [0, 0.1) is 0 Å². The molecule has 1 unspecified atom stereocenters. The number of rotatable bonds is 6. The number of fused-ring (bicyclic) bond motifs is 1. The molecule has 1 amide bonds. The van der Waals surface area contributed by atoms with Crippen molar-refractivity contribution in [3.63, 3.8) is 0 Å². The second-order valence-corrected chi connectivity index (χ2v) is 8.48. The molecule has 0 aliphatic carbocycles. The predicted octanol–water partition coefficient (Wildman–Crippen LogP) is -0.206. The summed E-state index contributed by atoms with van der Waals surface area (Å²) in [4.78, 5) is 18.8. The Morgan fingerprint density at radius 1 is 1.26 bits per heavy atom. The van der Waals surface area contributed by atoms with Gasteiger partial charge in [-0.15, -0.1) is 5.10 Å². The van der Waals surface area contributed by atoms with Crippen LogP contribution in [0.4, 0.5) is 0 Å². The summed E-state index contributed by atoms with van der Waals surface area (Å²) in [5.74, 6) is -0.300. The zero-order valence-corrected chi connectivity index (χ0v) is 16.3. The van der Waals surface area contributed by atoms with Gasteiger partial charge in [-0.25, -0.2) is 8.42 Å². The number of carbonyl (C=O) groups excluding carboxylic acids is 1. The largest absolute Gasteiger partial charge is 0.382 e. The van der Waals surface area contributed by atoms with Crippen LogP contribution in [-0.4, -0.2) is 72.2 Å². The Kier molecular flexibility index (Phi) is 5.63. The molecule has 3 rings (SSSR count). The molecule has 1 aromatic heterocycles. The van der Waals surface area contributed by atoms with Crippen molar-refractivity contribution >= 4 is 27.0 Å². The molecule has 10 nitrogen and oxygen atoms in total. The summed E-state index contributed by atoms with van der Waals surface area (Å²) in [5, 5.41) is 10.6. The van der Waals surface area contributed by atoms with E-state index >= 15 is 0 Å². The molecule has 0 spiro atoms. The smallest absolute Gasteiger partial charge is 0.263 e. The van der Waals surface area contributed by atoms with Crippen molar-refractivity contribution in [3.05, 3.63) is 18.2 Å². The number of hydrogen-bond donors (Lipinski definition) is 1. The summed E-state index contributed by atoms with van der Waals surface area (Å²) < 4.78 is 32.3. The molecule has 1 N–H and O–H groups in total. The molecule has 11 heteroatoms. The fraction of sp³-hybridized carbons (Fsp3) is 0.562. The highest BCUT2D eigenvalue weighted by molar-refractivity contribution is 7.89. The number of nitrogens with zero attached hydrogens (tertiary/aromatic N) is 4. The summed E-state index contributed by atoms with van der Waals surface area (Å²) in [6.07, 6.45) is -0.822. The van der Waals surface area contributed by atoms with Crippen LogP contribution in [0.5, 0.6) is 0 Å². The standard InChI is InChI=1S/C16H23N5O5S/c1-11(2)17-16(22)12(3)26-21-15-10-13(4-5-14(15)18-19-21)27(23,24)20-6-8-25-9-7-20/h4-5,10-12H,6-9H2,1-3H3,(H,17,22). The van der Waals surface area contributed by atoms with E-state index in [1.807, 2.05) is 13.8 Å². The predicted molar refractivity (Wildman–Crippen MR) is 96.4 cm³/mol. The highest BCUT2D eigenvalue weighted by atomic mass is 32.2. The van der Waals surface area contributed by atoms with Gasteiger partial charge in [0.15, 0.2) is 0 Å². The van der Waals surface area contributed by atoms with Crippen molar-refractivity contribution in [3.8, 4) is 0 Å². The highest BCUT2D eigenvalue weighted by Crippen LogP contribution is 2.21. The van der Waals surface area contributed by atoms with E-state index < -0.39 is 16.1 Å². The van der Waals surface area contributed by atoms with Crippen LogP contribution in [0.2, 0.25) is 0 Å². The maximum atomic E-state index is 12.8. The summed E-state index contributed by atoms with van der Waals surface area (Å²) in [5.41, 5.74) is 0.834. The molecule has 148 valence electrons. The molecular formula is C16H23N5O5S. The Labute approximate surface area is 157 Å². The SMILES string of the molecule is CC(C)NC(=O)C(C)On1nnc2ccc(S(=O)(=O)N3CCOCC3)cc21. The van der Waals surface area contributed by atoms with Crippen LogP contribution < -0.4 is 10.2 Å². The van der Waals surface area contributed by atoms with Crippen LogP contribution in [0.1, 0.15) is 20.8 Å². The van der Waals surface area contributed by atoms with Crippen molar-refractivity contribution in [1.82, 2.24) is 24.8 Å². The molecule has 1 atom stereocenters. The Bertz CT molecular complexity index is 920. The van der Waals surface area contributed by atoms with E-state index in [1.54, 1.807) is 13.0 Å². The fourth-order valence-electron chi connectivity index (χ4n) is 2.65. The molecule has 1 aromatic carbocycles. The number of carbonyl (C=O) groups is 1. The normalized spacial score (nSPS) is 17.2. The fourth-order valence-corrected chi connectivity index (χ4v) is 4.08. The molecule has 2 heterocycles. The molecule has 1 saturated heterocycles. The third kappa shape index (κ3) is 4.20. The lowest BCUT2D eigenvalue weighted by Crippen LogP contribution is -2.42. The summed E-state index contributed by atoms with van der Waals surface area (Å²) in [6, 6.07) is 4.48. The second-order valence-electron chi connectivity index (χ2n) is 6.54. The first-order valence-electron chi connectivity index (χ1n) is 8.70. The lowest BCUT2D eigenvalue weighted by molar-refractivity contribution is -0.133. The minimum absolute atomic E-state index is 0.0266. The number of amides is 1. The van der Waals surface area contributed by atoms with Crippen LogP contribution in [0.15, 0.2) is 23.1 Å². The van der Waals surface area contributed by atoms with E-state index in [0.29, 0.717) is 37.3 Å². The molecule has 1 aliphatic rings. The van der Waals surface area contributed by atoms with Gasteiger partial charge in [-0.2, -0.15) is 4.31 Å². The van der Waals surface area contributed by atoms with Crippen LogP contribution in [0.25, 0.3) is 11.0 Å². The van der Waals surface area contributed by atoms with Gasteiger partial charge < -0.3 is 14.9 Å². The summed E-state index contributed by atoms with van der Waals surface area (Å²) in [6.45, 7) is 6.62. The average molecular weight is 397 g/mol. The number of morpholine rings is 1. The minimum Gasteiger partial charge on any atom is -0.382 e. The first-order valence-corrected chi connectivity index (χ1v) is 10.1. The van der Waals surface area contributed by atoms with Crippen molar-refractivity contribution < 1.29 is 22.8 Å². The van der Waals surface area contributed by atoms with Crippen LogP contribution in [-0.2, 0) is 19.6 Å². The third-order valence-electron chi connectivity index (χ3n) is 4.05. The van der Waals surface area contributed by atoms with Gasteiger partial charge in [0, 0.05) is 19.1 Å². The van der Waals surface area contributed by atoms with Gasteiger partial charge in [0.05, 0.1) is 18.1 Å². The van der Waals surface area contributed by atoms with Gasteiger partial charge in [-0.05, 0) is 44.2 Å². The van der Waals surface area contributed by atoms with Crippen molar-refractivity contribution in [2.24, 2.45) is 0 Å². The van der Waals surface area contributed by atoms with E-state index in [0.717, 1.165) is 4.85 Å². The lowest BCUT2D eigenvalue weighted by Gasteiger charge is -2.26. The first-order chi connectivity index (χ1) is 12.8. The Morgan fingerprint density at radius 3 is 2.63 bits per heavy atom. The molecule has 27 heavy (non-hydrogen) atoms. The Hall–Kier alpha value is -2.24. The van der Waals surface area contributed by atoms with E-state index in [1.165, 1.54) is 16.4 Å². The van der Waals surface area contributed by atoms with Crippen LogP contribution >= 0.6 is 0 Å². The monoisotopic (exact) mass is 397 g/mol. The first kappa shape index (κ1) is 19.5. The van der Waals surface area contributed by atoms with Gasteiger partial charge >= 0.3 is 0 Å². The quantitative estimate of drug-likeness (QED) is 0.717. The summed E-state index contributed by atoms with van der Waals surface area (Å²) >= 11 is 0. The molecule has 0 saturated carbocycles. The highest BCUT2D eigenvalue weighted by Gasteiger charge is 2.27. The van der Waals surface area contributed by atoms with Gasteiger partial charge in [0.2, 0.25) is 16.1 Å². The molecule has 0 bridgehead atoms. The number of nitrogens with one attached hydrogen (secondary N) is 1. The van der Waals surface area contributed by atoms with Gasteiger partial charge in [0.25, 0.3) is 5.91 Å². The summed E-state index contributed by atoms with van der Waals surface area (Å²) in [7, 11) is -3.66. The molecule has 2 aromatic rings. The van der Waals surface area contributed by atoms with Gasteiger partial charge in [0.1, 0.15) is 11.0 Å². The Morgan fingerprint density at radius 2 is 1.96 bits per heavy atom. The number of hydrogen-bond acceptors (Lipinski definition) is 7. The maximum absolute atomic E-state index is 12.8. The van der Waals surface area contributed by atoms with Crippen molar-refractivity contribution in [2.45, 2.75) is 37.8 Å². The molecule has 1 fully saturated rings.